The van der Waals surface area contributed by atoms with E-state index in [-0.39, 0.29) is 5.56 Å². The van der Waals surface area contributed by atoms with Gasteiger partial charge in [0.1, 0.15) is 22.9 Å². The molecule has 0 saturated heterocycles. The minimum atomic E-state index is -0.957. The number of carboxylic acids is 1. The molecule has 0 aliphatic heterocycles. The maximum absolute atomic E-state index is 10.9. The van der Waals surface area contributed by atoms with E-state index in [4.69, 9.17) is 9.52 Å². The monoisotopic (exact) mass is 248 g/mol. The van der Waals surface area contributed by atoms with Crippen molar-refractivity contribution in [2.24, 2.45) is 0 Å². The summed E-state index contributed by atoms with van der Waals surface area (Å²) >= 11 is 0. The van der Waals surface area contributed by atoms with Gasteiger partial charge in [-0.2, -0.15) is 0 Å². The van der Waals surface area contributed by atoms with Gasteiger partial charge in [0.2, 0.25) is 0 Å². The molecule has 2 aromatic rings. The zero-order valence-corrected chi connectivity index (χ0v) is 10.5. The predicted molar refractivity (Wildman–Crippen MR) is 65.7 cm³/mol. The van der Waals surface area contributed by atoms with Crippen LogP contribution in [0, 0.1) is 6.92 Å². The number of nitrogens with zero attached hydrogens (tertiary/aromatic N) is 2. The van der Waals surface area contributed by atoms with Gasteiger partial charge >= 0.3 is 5.97 Å². The zero-order valence-electron chi connectivity index (χ0n) is 10.5. The van der Waals surface area contributed by atoms with Crippen molar-refractivity contribution < 1.29 is 14.3 Å². The summed E-state index contributed by atoms with van der Waals surface area (Å²) < 4.78 is 7.43. The third kappa shape index (κ3) is 2.45. The Labute approximate surface area is 105 Å². The maximum Gasteiger partial charge on any atom is 0.339 e. The maximum atomic E-state index is 10.9. The smallest absolute Gasteiger partial charge is 0.339 e. The summed E-state index contributed by atoms with van der Waals surface area (Å²) in [5.41, 5.74) is 0.224. The van der Waals surface area contributed by atoms with Gasteiger partial charge in [-0.05, 0) is 19.4 Å². The molecule has 0 atom stereocenters. The van der Waals surface area contributed by atoms with Crippen molar-refractivity contribution in [1.82, 2.24) is 9.55 Å². The lowest BCUT2D eigenvalue weighted by Crippen LogP contribution is -2.03. The van der Waals surface area contributed by atoms with E-state index in [9.17, 15) is 4.79 Å². The average Bonchev–Trinajstić information content (AvgIpc) is 2.87. The third-order valence-electron chi connectivity index (χ3n) is 2.80. The van der Waals surface area contributed by atoms with Crippen LogP contribution < -0.4 is 0 Å². The Morgan fingerprint density at radius 2 is 2.33 bits per heavy atom. The summed E-state index contributed by atoms with van der Waals surface area (Å²) in [7, 11) is 0. The quantitative estimate of drug-likeness (QED) is 0.882. The van der Waals surface area contributed by atoms with Crippen LogP contribution >= 0.6 is 0 Å². The molecule has 2 aromatic heterocycles. The summed E-state index contributed by atoms with van der Waals surface area (Å²) in [6.07, 6.45) is 5.55. The topological polar surface area (TPSA) is 68.3 Å². The average molecular weight is 248 g/mol. The first-order chi connectivity index (χ1) is 8.61. The summed E-state index contributed by atoms with van der Waals surface area (Å²) in [6, 6.07) is 1.58. The predicted octanol–water partition coefficient (Wildman–Crippen LogP) is 2.48. The Morgan fingerprint density at radius 1 is 1.56 bits per heavy atom. The Bertz CT molecular complexity index is 554. The number of aromatic nitrogens is 2. The largest absolute Gasteiger partial charge is 0.478 e. The first-order valence-electron chi connectivity index (χ1n) is 5.94. The van der Waals surface area contributed by atoms with Gasteiger partial charge in [-0.15, -0.1) is 0 Å². The van der Waals surface area contributed by atoms with Crippen LogP contribution in [0.25, 0.3) is 0 Å². The molecular weight excluding hydrogens is 232 g/mol. The summed E-state index contributed by atoms with van der Waals surface area (Å²) in [5, 5.41) is 8.96. The zero-order chi connectivity index (χ0) is 13.1. The second kappa shape index (κ2) is 5.08. The molecule has 2 heterocycles. The van der Waals surface area contributed by atoms with E-state index in [2.05, 4.69) is 11.9 Å². The number of furan rings is 1. The highest BCUT2D eigenvalue weighted by molar-refractivity contribution is 5.88. The van der Waals surface area contributed by atoms with E-state index in [1.165, 1.54) is 0 Å². The molecule has 0 aliphatic carbocycles. The molecule has 5 nitrogen and oxygen atoms in total. The summed E-state index contributed by atoms with van der Waals surface area (Å²) in [4.78, 5) is 15.2. The van der Waals surface area contributed by atoms with Crippen LogP contribution in [0.5, 0.6) is 0 Å². The van der Waals surface area contributed by atoms with Crippen LogP contribution in [0.1, 0.15) is 41.0 Å². The molecule has 2 rings (SSSR count). The van der Waals surface area contributed by atoms with Crippen LogP contribution in [-0.2, 0) is 13.0 Å². The van der Waals surface area contributed by atoms with E-state index >= 15 is 0 Å². The molecule has 0 bridgehead atoms. The Balaban J connectivity index is 2.21. The minimum Gasteiger partial charge on any atom is -0.478 e. The van der Waals surface area contributed by atoms with Gasteiger partial charge in [0, 0.05) is 18.8 Å². The van der Waals surface area contributed by atoms with Crippen molar-refractivity contribution in [1.29, 1.82) is 0 Å². The molecule has 5 heteroatoms. The highest BCUT2D eigenvalue weighted by atomic mass is 16.4. The number of aryl methyl sites for hydroxylation is 2. The van der Waals surface area contributed by atoms with Gasteiger partial charge in [0.15, 0.2) is 0 Å². The van der Waals surface area contributed by atoms with Gasteiger partial charge in [0.05, 0.1) is 6.54 Å². The number of rotatable bonds is 5. The first kappa shape index (κ1) is 12.4. The van der Waals surface area contributed by atoms with Crippen molar-refractivity contribution in [3.63, 3.8) is 0 Å². The fourth-order valence-electron chi connectivity index (χ4n) is 1.94. The standard InChI is InChI=1S/C13H16N2O3/c1-3-4-12-14-5-6-15(12)8-10-7-11(13(16)17)9(2)18-10/h5-7H,3-4,8H2,1-2H3,(H,16,17). The molecule has 0 amide bonds. The van der Waals surface area contributed by atoms with E-state index in [1.807, 2.05) is 10.8 Å². The molecule has 0 spiro atoms. The van der Waals surface area contributed by atoms with Crippen LogP contribution in [-0.4, -0.2) is 20.6 Å². The number of carbonyl (C=O) groups is 1. The second-order valence-electron chi connectivity index (χ2n) is 4.21. The van der Waals surface area contributed by atoms with Gasteiger partial charge in [-0.3, -0.25) is 0 Å². The lowest BCUT2D eigenvalue weighted by Gasteiger charge is -2.04. The van der Waals surface area contributed by atoms with Crippen molar-refractivity contribution >= 4 is 5.97 Å². The minimum absolute atomic E-state index is 0.224. The second-order valence-corrected chi connectivity index (χ2v) is 4.21. The molecule has 0 unspecified atom stereocenters. The summed E-state index contributed by atoms with van der Waals surface area (Å²) in [6.45, 7) is 4.27. The highest BCUT2D eigenvalue weighted by Crippen LogP contribution is 2.16. The molecule has 0 aromatic carbocycles. The number of carboxylic acid groups (broad SMARTS) is 1. The van der Waals surface area contributed by atoms with Crippen molar-refractivity contribution in [2.75, 3.05) is 0 Å². The Hall–Kier alpha value is -2.04. The lowest BCUT2D eigenvalue weighted by molar-refractivity contribution is 0.0695. The van der Waals surface area contributed by atoms with Gasteiger partial charge in [-0.1, -0.05) is 6.92 Å². The Morgan fingerprint density at radius 3 is 2.94 bits per heavy atom. The molecule has 18 heavy (non-hydrogen) atoms. The van der Waals surface area contributed by atoms with Crippen LogP contribution in [0.4, 0.5) is 0 Å². The summed E-state index contributed by atoms with van der Waals surface area (Å²) in [5.74, 6) is 1.11. The first-order valence-corrected chi connectivity index (χ1v) is 5.94. The normalized spacial score (nSPS) is 10.8. The molecule has 0 aliphatic rings. The van der Waals surface area contributed by atoms with E-state index < -0.39 is 5.97 Å². The molecule has 96 valence electrons. The number of aromatic carboxylic acids is 1. The van der Waals surface area contributed by atoms with E-state index in [0.717, 1.165) is 18.7 Å². The van der Waals surface area contributed by atoms with Crippen LogP contribution in [0.3, 0.4) is 0 Å². The molecular formula is C13H16N2O3. The van der Waals surface area contributed by atoms with Gasteiger partial charge < -0.3 is 14.1 Å². The van der Waals surface area contributed by atoms with E-state index in [1.54, 1.807) is 19.2 Å². The number of imidazole rings is 1. The number of hydrogen-bond donors (Lipinski definition) is 1. The third-order valence-corrected chi connectivity index (χ3v) is 2.80. The van der Waals surface area contributed by atoms with Gasteiger partial charge in [-0.25, -0.2) is 9.78 Å². The van der Waals surface area contributed by atoms with Gasteiger partial charge in [0.25, 0.3) is 0 Å². The molecule has 0 fully saturated rings. The molecule has 0 saturated carbocycles. The van der Waals surface area contributed by atoms with Crippen molar-refractivity contribution in [3.05, 3.63) is 41.4 Å². The molecule has 0 radical (unpaired) electrons. The fourth-order valence-corrected chi connectivity index (χ4v) is 1.94. The van der Waals surface area contributed by atoms with Crippen molar-refractivity contribution in [3.8, 4) is 0 Å². The SMILES string of the molecule is CCCc1nccn1Cc1cc(C(=O)O)c(C)o1. The lowest BCUT2D eigenvalue weighted by atomic mass is 10.2. The molecule has 1 N–H and O–H groups in total. The van der Waals surface area contributed by atoms with Crippen LogP contribution in [0.15, 0.2) is 22.9 Å². The fraction of sp³-hybridized carbons (Fsp3) is 0.385. The number of hydrogen-bond acceptors (Lipinski definition) is 3. The van der Waals surface area contributed by atoms with Crippen LogP contribution in [0.2, 0.25) is 0 Å². The van der Waals surface area contributed by atoms with E-state index in [0.29, 0.717) is 18.1 Å². The Kier molecular flexibility index (Phi) is 3.50. The highest BCUT2D eigenvalue weighted by Gasteiger charge is 2.14. The van der Waals surface area contributed by atoms with Crippen molar-refractivity contribution in [2.45, 2.75) is 33.2 Å².